The van der Waals surface area contributed by atoms with E-state index in [0.717, 1.165) is 29.9 Å². The molecule has 0 unspecified atom stereocenters. The van der Waals surface area contributed by atoms with Crippen molar-refractivity contribution in [2.24, 2.45) is 0 Å². The lowest BCUT2D eigenvalue weighted by atomic mass is 10.1. The maximum absolute atomic E-state index is 15.6. The Morgan fingerprint density at radius 2 is 1.92 bits per heavy atom. The average molecular weight is 499 g/mol. The summed E-state index contributed by atoms with van der Waals surface area (Å²) in [5.74, 6) is -1.92. The van der Waals surface area contributed by atoms with E-state index in [4.69, 9.17) is 0 Å². The topological polar surface area (TPSA) is 101 Å². The highest BCUT2D eigenvalue weighted by atomic mass is 19.1. The van der Waals surface area contributed by atoms with Gasteiger partial charge in [-0.3, -0.25) is 9.78 Å². The number of benzene rings is 2. The third-order valence-electron chi connectivity index (χ3n) is 7.06. The molecule has 8 nitrogen and oxygen atoms in total. The molecule has 0 saturated carbocycles. The Balaban J connectivity index is 1.48. The molecule has 4 heterocycles. The Hall–Kier alpha value is -4.66. The Morgan fingerprint density at radius 1 is 1.11 bits per heavy atom. The molecule has 1 fully saturated rings. The number of carboxylic acids is 1. The number of aromatic nitrogens is 3. The highest BCUT2D eigenvalue weighted by Crippen LogP contribution is 2.33. The van der Waals surface area contributed by atoms with E-state index < -0.39 is 22.8 Å². The van der Waals surface area contributed by atoms with Gasteiger partial charge in [-0.05, 0) is 67.4 Å². The van der Waals surface area contributed by atoms with Gasteiger partial charge in [-0.1, -0.05) is 0 Å². The number of nitrogens with zero attached hydrogens (tertiary/aromatic N) is 4. The zero-order valence-corrected chi connectivity index (χ0v) is 19.7. The Bertz CT molecular complexity index is 1720. The normalized spacial score (nSPS) is 15.6. The molecule has 3 aromatic heterocycles. The number of aromatic hydroxyl groups is 1. The molecule has 1 saturated heterocycles. The van der Waals surface area contributed by atoms with Crippen molar-refractivity contribution in [3.63, 3.8) is 0 Å². The van der Waals surface area contributed by atoms with Crippen LogP contribution in [0.2, 0.25) is 0 Å². The molecule has 0 bridgehead atoms. The maximum atomic E-state index is 15.6. The Labute approximate surface area is 210 Å². The van der Waals surface area contributed by atoms with Crippen LogP contribution in [0.15, 0.2) is 78.0 Å². The number of hydrogen-bond acceptors (Lipinski definition) is 5. The number of carboxylic acid groups (broad SMARTS) is 1. The summed E-state index contributed by atoms with van der Waals surface area (Å²) in [4.78, 5) is 31.2. The van der Waals surface area contributed by atoms with Crippen LogP contribution in [-0.4, -0.2) is 42.9 Å². The quantitative estimate of drug-likeness (QED) is 0.369. The second kappa shape index (κ2) is 8.77. The van der Waals surface area contributed by atoms with Crippen LogP contribution < -0.4 is 10.3 Å². The van der Waals surface area contributed by atoms with Gasteiger partial charge in [0.2, 0.25) is 5.43 Å². The standard InChI is InChI=1S/C28H23FN4O4/c29-22-13-20-25(33(16-21(27(20)35)28(36)37)17-5-7-19(34)8-6-17)14-26(22)32-11-2-3-18(32)15-31-12-9-23-24(31)4-1-10-30-23/h1,4-10,12-14,16,18,34H,2-3,11,15H2,(H,36,37)/t18-/m1/s1. The lowest BCUT2D eigenvalue weighted by Gasteiger charge is -2.28. The molecular formula is C28H23FN4O4. The first-order valence-corrected chi connectivity index (χ1v) is 12.0. The molecule has 2 aromatic carbocycles. The average Bonchev–Trinajstić information content (AvgIpc) is 3.52. The van der Waals surface area contributed by atoms with E-state index in [1.54, 1.807) is 29.0 Å². The second-order valence-electron chi connectivity index (χ2n) is 9.25. The van der Waals surface area contributed by atoms with Gasteiger partial charge in [0, 0.05) is 48.8 Å². The van der Waals surface area contributed by atoms with Crippen LogP contribution in [-0.2, 0) is 6.54 Å². The molecule has 6 rings (SSSR count). The fourth-order valence-corrected chi connectivity index (χ4v) is 5.28. The van der Waals surface area contributed by atoms with E-state index in [0.29, 0.717) is 30.0 Å². The van der Waals surface area contributed by atoms with E-state index in [9.17, 15) is 19.8 Å². The Kier molecular flexibility index (Phi) is 5.40. The van der Waals surface area contributed by atoms with Crippen LogP contribution in [0.4, 0.5) is 10.1 Å². The van der Waals surface area contributed by atoms with Gasteiger partial charge < -0.3 is 24.2 Å². The second-order valence-corrected chi connectivity index (χ2v) is 9.25. The molecule has 0 radical (unpaired) electrons. The van der Waals surface area contributed by atoms with Gasteiger partial charge in [0.1, 0.15) is 17.1 Å². The smallest absolute Gasteiger partial charge is 0.341 e. The molecule has 186 valence electrons. The van der Waals surface area contributed by atoms with Gasteiger partial charge in [0.05, 0.1) is 22.2 Å². The number of carbonyl (C=O) groups is 1. The number of hydrogen-bond donors (Lipinski definition) is 2. The van der Waals surface area contributed by atoms with Gasteiger partial charge in [-0.15, -0.1) is 0 Å². The SMILES string of the molecule is O=C(O)c1cn(-c2ccc(O)cc2)c2cc(N3CCC[C@@H]3Cn3ccc4ncccc43)c(F)cc2c1=O. The number of rotatable bonds is 5. The predicted molar refractivity (Wildman–Crippen MR) is 138 cm³/mol. The molecule has 0 aliphatic carbocycles. The van der Waals surface area contributed by atoms with Gasteiger partial charge in [-0.2, -0.15) is 0 Å². The van der Waals surface area contributed by atoms with E-state index in [1.165, 1.54) is 18.3 Å². The zero-order valence-electron chi connectivity index (χ0n) is 19.7. The molecule has 5 aromatic rings. The van der Waals surface area contributed by atoms with Gasteiger partial charge in [-0.25, -0.2) is 9.18 Å². The summed E-state index contributed by atoms with van der Waals surface area (Å²) in [6, 6.07) is 14.8. The van der Waals surface area contributed by atoms with E-state index in [1.807, 2.05) is 29.3 Å². The van der Waals surface area contributed by atoms with E-state index in [2.05, 4.69) is 9.55 Å². The van der Waals surface area contributed by atoms with Crippen molar-refractivity contribution in [1.82, 2.24) is 14.1 Å². The molecule has 9 heteroatoms. The van der Waals surface area contributed by atoms with Crippen LogP contribution in [0.5, 0.6) is 5.75 Å². The number of anilines is 1. The van der Waals surface area contributed by atoms with Crippen LogP contribution in [0.3, 0.4) is 0 Å². The lowest BCUT2D eigenvalue weighted by Crippen LogP contribution is -2.33. The zero-order chi connectivity index (χ0) is 25.7. The molecule has 0 amide bonds. The molecule has 1 aliphatic rings. The van der Waals surface area contributed by atoms with Crippen molar-refractivity contribution in [3.05, 3.63) is 94.8 Å². The maximum Gasteiger partial charge on any atom is 0.341 e. The van der Waals surface area contributed by atoms with Crippen molar-refractivity contribution in [2.45, 2.75) is 25.4 Å². The predicted octanol–water partition coefficient (Wildman–Crippen LogP) is 4.55. The number of fused-ring (bicyclic) bond motifs is 2. The number of aromatic carboxylic acids is 1. The molecule has 1 aliphatic heterocycles. The third kappa shape index (κ3) is 3.88. The third-order valence-corrected chi connectivity index (χ3v) is 7.06. The Morgan fingerprint density at radius 3 is 2.70 bits per heavy atom. The number of pyridine rings is 2. The highest BCUT2D eigenvalue weighted by molar-refractivity contribution is 5.94. The van der Waals surface area contributed by atoms with E-state index in [-0.39, 0.29) is 17.2 Å². The first-order chi connectivity index (χ1) is 17.9. The minimum atomic E-state index is -1.39. The van der Waals surface area contributed by atoms with Crippen molar-refractivity contribution < 1.29 is 19.4 Å². The first-order valence-electron chi connectivity index (χ1n) is 12.0. The summed E-state index contributed by atoms with van der Waals surface area (Å²) >= 11 is 0. The number of halogens is 1. The summed E-state index contributed by atoms with van der Waals surface area (Å²) in [6.45, 7) is 1.30. The lowest BCUT2D eigenvalue weighted by molar-refractivity contribution is 0.0695. The first kappa shape index (κ1) is 22.8. The summed E-state index contributed by atoms with van der Waals surface area (Å²) in [6.07, 6.45) is 6.76. The van der Waals surface area contributed by atoms with Gasteiger partial charge in [0.15, 0.2) is 0 Å². The molecular weight excluding hydrogens is 475 g/mol. The fourth-order valence-electron chi connectivity index (χ4n) is 5.28. The largest absolute Gasteiger partial charge is 0.508 e. The fraction of sp³-hybridized carbons (Fsp3) is 0.179. The minimum absolute atomic E-state index is 0.0209. The van der Waals surface area contributed by atoms with Crippen LogP contribution in [0.1, 0.15) is 23.2 Å². The van der Waals surface area contributed by atoms with Crippen LogP contribution in [0.25, 0.3) is 27.6 Å². The summed E-state index contributed by atoms with van der Waals surface area (Å²) < 4.78 is 19.3. The van der Waals surface area contributed by atoms with Crippen molar-refractivity contribution in [1.29, 1.82) is 0 Å². The molecule has 1 atom stereocenters. The molecule has 0 spiro atoms. The van der Waals surface area contributed by atoms with Crippen molar-refractivity contribution >= 4 is 33.6 Å². The molecule has 37 heavy (non-hydrogen) atoms. The highest BCUT2D eigenvalue weighted by Gasteiger charge is 2.29. The minimum Gasteiger partial charge on any atom is -0.508 e. The molecule has 2 N–H and O–H groups in total. The summed E-state index contributed by atoms with van der Waals surface area (Å²) in [7, 11) is 0. The van der Waals surface area contributed by atoms with Crippen LogP contribution >= 0.6 is 0 Å². The number of phenols is 1. The van der Waals surface area contributed by atoms with Gasteiger partial charge >= 0.3 is 5.97 Å². The summed E-state index contributed by atoms with van der Waals surface area (Å²) in [5.41, 5.74) is 1.99. The van der Waals surface area contributed by atoms with Crippen molar-refractivity contribution in [2.75, 3.05) is 11.4 Å². The monoisotopic (exact) mass is 498 g/mol. The van der Waals surface area contributed by atoms with Crippen LogP contribution in [0, 0.1) is 5.82 Å². The van der Waals surface area contributed by atoms with Gasteiger partial charge in [0.25, 0.3) is 0 Å². The summed E-state index contributed by atoms with van der Waals surface area (Å²) in [5, 5.41) is 19.3. The van der Waals surface area contributed by atoms with E-state index >= 15 is 4.39 Å². The number of phenolic OH excluding ortho intramolecular Hbond substituents is 1. The van der Waals surface area contributed by atoms with Crippen molar-refractivity contribution in [3.8, 4) is 11.4 Å².